The van der Waals surface area contributed by atoms with Crippen molar-refractivity contribution in [2.45, 2.75) is 11.7 Å². The van der Waals surface area contributed by atoms with Crippen molar-refractivity contribution < 1.29 is 18.0 Å². The number of nitrogens with one attached hydrogen (secondary N) is 3. The number of fused-ring (bicyclic) bond motifs is 1. The maximum atomic E-state index is 12.1. The predicted molar refractivity (Wildman–Crippen MR) is 72.1 cm³/mol. The fourth-order valence-corrected chi connectivity index (χ4v) is 3.76. The number of carbonyl (C=O) groups is 2. The average Bonchev–Trinajstić information content (AvgIpc) is 2.99. The lowest BCUT2D eigenvalue weighted by atomic mass is 10.1. The van der Waals surface area contributed by atoms with Crippen LogP contribution >= 0.6 is 0 Å². The molecule has 1 atom stereocenters. The van der Waals surface area contributed by atoms with Crippen molar-refractivity contribution in [1.29, 1.82) is 0 Å². The summed E-state index contributed by atoms with van der Waals surface area (Å²) in [6.45, 7) is 1.09. The summed E-state index contributed by atoms with van der Waals surface area (Å²) in [7, 11) is -3.49. The fraction of sp³-hybridized carbons (Fsp3) is 0.333. The van der Waals surface area contributed by atoms with Gasteiger partial charge in [0.15, 0.2) is 0 Å². The predicted octanol–water partition coefficient (Wildman–Crippen LogP) is -0.326. The second-order valence-electron chi connectivity index (χ2n) is 4.81. The standard InChI is InChI=1S/C12H13N3O4S/c16-11-9-2-1-7(5-10(9)12(17)14-11)15-20(18,19)8-3-4-13-6-8/h1-2,5,8,13,15H,3-4,6H2,(H,14,16,17). The number of rotatable bonds is 3. The molecule has 1 unspecified atom stereocenters. The van der Waals surface area contributed by atoms with Gasteiger partial charge in [-0.2, -0.15) is 0 Å². The first kappa shape index (κ1) is 13.1. The Hall–Kier alpha value is -1.93. The van der Waals surface area contributed by atoms with Crippen LogP contribution in [-0.2, 0) is 10.0 Å². The van der Waals surface area contributed by atoms with Crippen molar-refractivity contribution in [3.05, 3.63) is 29.3 Å². The first-order valence-electron chi connectivity index (χ1n) is 6.19. The van der Waals surface area contributed by atoms with E-state index in [4.69, 9.17) is 0 Å². The zero-order valence-electron chi connectivity index (χ0n) is 10.5. The number of imide groups is 1. The third kappa shape index (κ3) is 2.16. The van der Waals surface area contributed by atoms with Crippen LogP contribution in [0.2, 0.25) is 0 Å². The maximum absolute atomic E-state index is 12.1. The number of sulfonamides is 1. The molecule has 2 aliphatic heterocycles. The van der Waals surface area contributed by atoms with Crippen LogP contribution in [0.1, 0.15) is 27.1 Å². The van der Waals surface area contributed by atoms with Crippen LogP contribution in [0.4, 0.5) is 5.69 Å². The summed E-state index contributed by atoms with van der Waals surface area (Å²) in [5, 5.41) is 4.67. The summed E-state index contributed by atoms with van der Waals surface area (Å²) in [6.07, 6.45) is 0.555. The van der Waals surface area contributed by atoms with Crippen molar-refractivity contribution in [2.75, 3.05) is 17.8 Å². The van der Waals surface area contributed by atoms with Crippen molar-refractivity contribution >= 4 is 27.5 Å². The molecule has 0 saturated carbocycles. The van der Waals surface area contributed by atoms with Gasteiger partial charge >= 0.3 is 0 Å². The van der Waals surface area contributed by atoms with E-state index < -0.39 is 27.1 Å². The normalized spacial score (nSPS) is 21.7. The Morgan fingerprint density at radius 2 is 1.90 bits per heavy atom. The minimum atomic E-state index is -3.49. The monoisotopic (exact) mass is 295 g/mol. The molecule has 8 heteroatoms. The molecule has 0 radical (unpaired) electrons. The Labute approximate surface area is 115 Å². The topological polar surface area (TPSA) is 104 Å². The van der Waals surface area contributed by atoms with Crippen LogP contribution in [0.15, 0.2) is 18.2 Å². The molecule has 106 valence electrons. The molecule has 0 bridgehead atoms. The van der Waals surface area contributed by atoms with Gasteiger partial charge < -0.3 is 5.32 Å². The highest BCUT2D eigenvalue weighted by molar-refractivity contribution is 7.93. The highest BCUT2D eigenvalue weighted by Crippen LogP contribution is 2.22. The summed E-state index contributed by atoms with van der Waals surface area (Å²) in [4.78, 5) is 22.9. The van der Waals surface area contributed by atoms with Gasteiger partial charge in [0, 0.05) is 12.2 Å². The Balaban J connectivity index is 1.87. The van der Waals surface area contributed by atoms with E-state index >= 15 is 0 Å². The lowest BCUT2D eigenvalue weighted by Gasteiger charge is -2.13. The smallest absolute Gasteiger partial charge is 0.259 e. The second kappa shape index (κ2) is 4.57. The zero-order valence-corrected chi connectivity index (χ0v) is 11.3. The molecule has 20 heavy (non-hydrogen) atoms. The van der Waals surface area contributed by atoms with Gasteiger partial charge in [-0.1, -0.05) is 0 Å². The van der Waals surface area contributed by atoms with E-state index in [-0.39, 0.29) is 11.1 Å². The van der Waals surface area contributed by atoms with E-state index in [0.29, 0.717) is 25.2 Å². The van der Waals surface area contributed by atoms with Gasteiger partial charge in [0.25, 0.3) is 11.8 Å². The van der Waals surface area contributed by atoms with Crippen LogP contribution in [-0.4, -0.2) is 38.6 Å². The number of amides is 2. The van der Waals surface area contributed by atoms with Crippen molar-refractivity contribution in [1.82, 2.24) is 10.6 Å². The van der Waals surface area contributed by atoms with Gasteiger partial charge in [-0.3, -0.25) is 19.6 Å². The molecule has 3 rings (SSSR count). The molecule has 0 aromatic heterocycles. The highest BCUT2D eigenvalue weighted by atomic mass is 32.2. The molecule has 1 saturated heterocycles. The van der Waals surface area contributed by atoms with Gasteiger partial charge in [-0.25, -0.2) is 8.42 Å². The van der Waals surface area contributed by atoms with Gasteiger partial charge in [0.1, 0.15) is 0 Å². The average molecular weight is 295 g/mol. The van der Waals surface area contributed by atoms with E-state index in [1.807, 2.05) is 0 Å². The highest BCUT2D eigenvalue weighted by Gasteiger charge is 2.30. The quantitative estimate of drug-likeness (QED) is 0.663. The molecule has 2 aliphatic rings. The van der Waals surface area contributed by atoms with Crippen molar-refractivity contribution in [2.24, 2.45) is 0 Å². The van der Waals surface area contributed by atoms with E-state index in [0.717, 1.165) is 0 Å². The van der Waals surface area contributed by atoms with E-state index in [1.54, 1.807) is 0 Å². The van der Waals surface area contributed by atoms with E-state index in [1.165, 1.54) is 18.2 Å². The number of anilines is 1. The lowest BCUT2D eigenvalue weighted by molar-refractivity contribution is 0.0879. The summed E-state index contributed by atoms with van der Waals surface area (Å²) in [5.74, 6) is -0.965. The fourth-order valence-electron chi connectivity index (χ4n) is 2.37. The van der Waals surface area contributed by atoms with Gasteiger partial charge in [-0.15, -0.1) is 0 Å². The molecular weight excluding hydrogens is 282 g/mol. The molecule has 7 nitrogen and oxygen atoms in total. The molecule has 3 N–H and O–H groups in total. The van der Waals surface area contributed by atoms with Gasteiger partial charge in [0.05, 0.1) is 16.4 Å². The third-order valence-electron chi connectivity index (χ3n) is 3.45. The maximum Gasteiger partial charge on any atom is 0.259 e. The van der Waals surface area contributed by atoms with E-state index in [9.17, 15) is 18.0 Å². The van der Waals surface area contributed by atoms with Crippen LogP contribution in [0.3, 0.4) is 0 Å². The second-order valence-corrected chi connectivity index (χ2v) is 6.77. The minimum absolute atomic E-state index is 0.194. The summed E-state index contributed by atoms with van der Waals surface area (Å²) in [6, 6.07) is 4.31. The zero-order chi connectivity index (χ0) is 14.3. The largest absolute Gasteiger partial charge is 0.315 e. The molecule has 0 spiro atoms. The SMILES string of the molecule is O=C1NC(=O)c2cc(NS(=O)(=O)C3CCNC3)ccc21. The summed E-state index contributed by atoms with van der Waals surface area (Å²) in [5.41, 5.74) is 0.751. The van der Waals surface area contributed by atoms with E-state index in [2.05, 4.69) is 15.4 Å². The Bertz CT molecular complexity index is 693. The third-order valence-corrected chi connectivity index (χ3v) is 5.25. The first-order chi connectivity index (χ1) is 9.47. The Kier molecular flexibility index (Phi) is 2.98. The molecular formula is C12H13N3O4S. The number of hydrogen-bond donors (Lipinski definition) is 3. The number of benzene rings is 1. The lowest BCUT2D eigenvalue weighted by Crippen LogP contribution is -2.29. The molecule has 2 amide bonds. The molecule has 0 aliphatic carbocycles. The first-order valence-corrected chi connectivity index (χ1v) is 7.74. The summed E-state index contributed by atoms with van der Waals surface area (Å²) < 4.78 is 26.7. The van der Waals surface area contributed by atoms with Gasteiger partial charge in [0.2, 0.25) is 10.0 Å². The van der Waals surface area contributed by atoms with Crippen molar-refractivity contribution in [3.8, 4) is 0 Å². The van der Waals surface area contributed by atoms with Crippen LogP contribution in [0, 0.1) is 0 Å². The molecule has 1 aromatic carbocycles. The van der Waals surface area contributed by atoms with Crippen LogP contribution < -0.4 is 15.4 Å². The Morgan fingerprint density at radius 1 is 1.15 bits per heavy atom. The molecule has 2 heterocycles. The van der Waals surface area contributed by atoms with Gasteiger partial charge in [-0.05, 0) is 31.2 Å². The number of carbonyl (C=O) groups excluding carboxylic acids is 2. The molecule has 1 fully saturated rings. The Morgan fingerprint density at radius 3 is 2.60 bits per heavy atom. The van der Waals surface area contributed by atoms with Crippen LogP contribution in [0.5, 0.6) is 0 Å². The van der Waals surface area contributed by atoms with Crippen molar-refractivity contribution in [3.63, 3.8) is 0 Å². The number of hydrogen-bond acceptors (Lipinski definition) is 5. The minimum Gasteiger partial charge on any atom is -0.315 e. The summed E-state index contributed by atoms with van der Waals surface area (Å²) >= 11 is 0. The van der Waals surface area contributed by atoms with Crippen LogP contribution in [0.25, 0.3) is 0 Å². The molecule has 1 aromatic rings.